The van der Waals surface area contributed by atoms with Crippen LogP contribution in [0.25, 0.3) is 0 Å². The number of halogens is 2. The first-order valence-corrected chi connectivity index (χ1v) is 7.21. The third-order valence-corrected chi connectivity index (χ3v) is 3.68. The standard InChI is InChI=1S/C14H11Br2NO3/c1-19-10-2-4-11(5-3-10)20-14-12(15)6-9(8-17-18)7-13(14)16/h2-8,18H,1H3. The molecule has 0 saturated heterocycles. The molecule has 0 aliphatic carbocycles. The van der Waals surface area contributed by atoms with Crippen molar-refractivity contribution in [2.24, 2.45) is 5.16 Å². The fourth-order valence-corrected chi connectivity index (χ4v) is 2.96. The number of oxime groups is 1. The van der Waals surface area contributed by atoms with E-state index in [9.17, 15) is 0 Å². The van der Waals surface area contributed by atoms with Crippen molar-refractivity contribution in [1.82, 2.24) is 0 Å². The van der Waals surface area contributed by atoms with Crippen molar-refractivity contribution in [3.63, 3.8) is 0 Å². The Hall–Kier alpha value is -1.53. The molecule has 6 heteroatoms. The van der Waals surface area contributed by atoms with Crippen molar-refractivity contribution in [3.8, 4) is 17.2 Å². The van der Waals surface area contributed by atoms with E-state index in [-0.39, 0.29) is 0 Å². The van der Waals surface area contributed by atoms with Crippen molar-refractivity contribution in [3.05, 3.63) is 50.9 Å². The Balaban J connectivity index is 2.28. The molecular formula is C14H11Br2NO3. The van der Waals surface area contributed by atoms with Gasteiger partial charge in [-0.05, 0) is 73.8 Å². The summed E-state index contributed by atoms with van der Waals surface area (Å²) in [6.45, 7) is 0. The van der Waals surface area contributed by atoms with E-state index in [1.54, 1.807) is 19.2 Å². The number of hydrogen-bond donors (Lipinski definition) is 1. The smallest absolute Gasteiger partial charge is 0.155 e. The summed E-state index contributed by atoms with van der Waals surface area (Å²) in [6.07, 6.45) is 1.34. The van der Waals surface area contributed by atoms with Crippen LogP contribution in [0.3, 0.4) is 0 Å². The fourth-order valence-electron chi connectivity index (χ4n) is 1.58. The lowest BCUT2D eigenvalue weighted by Crippen LogP contribution is -1.90. The second-order valence-corrected chi connectivity index (χ2v) is 5.54. The van der Waals surface area contributed by atoms with E-state index in [2.05, 4.69) is 37.0 Å². The third kappa shape index (κ3) is 3.52. The molecule has 0 aliphatic heterocycles. The Morgan fingerprint density at radius 1 is 1.05 bits per heavy atom. The zero-order valence-electron chi connectivity index (χ0n) is 10.5. The summed E-state index contributed by atoms with van der Waals surface area (Å²) in [5.41, 5.74) is 0.744. The molecule has 0 bridgehead atoms. The summed E-state index contributed by atoms with van der Waals surface area (Å²) >= 11 is 6.86. The van der Waals surface area contributed by atoms with Crippen molar-refractivity contribution < 1.29 is 14.7 Å². The van der Waals surface area contributed by atoms with Crippen LogP contribution < -0.4 is 9.47 Å². The highest BCUT2D eigenvalue weighted by Crippen LogP contribution is 2.37. The topological polar surface area (TPSA) is 51.0 Å². The molecule has 0 atom stereocenters. The van der Waals surface area contributed by atoms with E-state index >= 15 is 0 Å². The Bertz CT molecular complexity index is 604. The first kappa shape index (κ1) is 14.9. The van der Waals surface area contributed by atoms with Gasteiger partial charge in [0.1, 0.15) is 11.5 Å². The Labute approximate surface area is 133 Å². The molecule has 0 spiro atoms. The molecule has 0 radical (unpaired) electrons. The molecule has 0 aliphatic rings. The van der Waals surface area contributed by atoms with Crippen molar-refractivity contribution >= 4 is 38.1 Å². The Kier molecular flexibility index (Phi) is 5.03. The summed E-state index contributed by atoms with van der Waals surface area (Å²) in [5.74, 6) is 2.10. The second-order valence-electron chi connectivity index (χ2n) is 3.84. The summed E-state index contributed by atoms with van der Waals surface area (Å²) < 4.78 is 12.4. The highest BCUT2D eigenvalue weighted by Gasteiger charge is 2.10. The molecule has 2 rings (SSSR count). The summed E-state index contributed by atoms with van der Waals surface area (Å²) in [7, 11) is 1.62. The maximum absolute atomic E-state index is 8.55. The molecular weight excluding hydrogens is 390 g/mol. The first-order valence-electron chi connectivity index (χ1n) is 5.62. The average Bonchev–Trinajstić information content (AvgIpc) is 2.44. The van der Waals surface area contributed by atoms with Crippen LogP contribution in [-0.4, -0.2) is 18.5 Å². The highest BCUT2D eigenvalue weighted by molar-refractivity contribution is 9.11. The van der Waals surface area contributed by atoms with E-state index < -0.39 is 0 Å². The van der Waals surface area contributed by atoms with Gasteiger partial charge < -0.3 is 14.7 Å². The zero-order valence-corrected chi connectivity index (χ0v) is 13.7. The van der Waals surface area contributed by atoms with Gasteiger partial charge in [-0.1, -0.05) is 5.16 Å². The lowest BCUT2D eigenvalue weighted by molar-refractivity contribution is 0.322. The molecule has 0 unspecified atom stereocenters. The maximum atomic E-state index is 8.55. The maximum Gasteiger partial charge on any atom is 0.155 e. The van der Waals surface area contributed by atoms with E-state index in [4.69, 9.17) is 14.7 Å². The molecule has 0 fully saturated rings. The average molecular weight is 401 g/mol. The van der Waals surface area contributed by atoms with Gasteiger partial charge in [0.2, 0.25) is 0 Å². The molecule has 2 aromatic rings. The van der Waals surface area contributed by atoms with Gasteiger partial charge in [0, 0.05) is 0 Å². The molecule has 4 nitrogen and oxygen atoms in total. The van der Waals surface area contributed by atoms with Gasteiger partial charge in [0.15, 0.2) is 5.75 Å². The normalized spacial score (nSPS) is 10.8. The van der Waals surface area contributed by atoms with Crippen LogP contribution in [0, 0.1) is 0 Å². The van der Waals surface area contributed by atoms with E-state index in [0.29, 0.717) is 11.5 Å². The van der Waals surface area contributed by atoms with E-state index in [0.717, 1.165) is 20.3 Å². The lowest BCUT2D eigenvalue weighted by atomic mass is 10.2. The highest BCUT2D eigenvalue weighted by atomic mass is 79.9. The van der Waals surface area contributed by atoms with Gasteiger partial charge in [-0.25, -0.2) is 0 Å². The monoisotopic (exact) mass is 399 g/mol. The second kappa shape index (κ2) is 6.76. The van der Waals surface area contributed by atoms with Crippen LogP contribution in [0.1, 0.15) is 5.56 Å². The summed E-state index contributed by atoms with van der Waals surface area (Å²) in [4.78, 5) is 0. The first-order chi connectivity index (χ1) is 9.63. The lowest BCUT2D eigenvalue weighted by Gasteiger charge is -2.11. The molecule has 104 valence electrons. The summed E-state index contributed by atoms with van der Waals surface area (Å²) in [6, 6.07) is 10.9. The predicted molar refractivity (Wildman–Crippen MR) is 84.3 cm³/mol. The fraction of sp³-hybridized carbons (Fsp3) is 0.0714. The quantitative estimate of drug-likeness (QED) is 0.454. The van der Waals surface area contributed by atoms with Gasteiger partial charge in [-0.3, -0.25) is 0 Å². The van der Waals surface area contributed by atoms with Gasteiger partial charge in [-0.15, -0.1) is 0 Å². The van der Waals surface area contributed by atoms with Gasteiger partial charge in [0.25, 0.3) is 0 Å². The van der Waals surface area contributed by atoms with Crippen LogP contribution in [0.5, 0.6) is 17.2 Å². The largest absolute Gasteiger partial charge is 0.497 e. The van der Waals surface area contributed by atoms with Gasteiger partial charge in [-0.2, -0.15) is 0 Å². The number of ether oxygens (including phenoxy) is 2. The number of hydrogen-bond acceptors (Lipinski definition) is 4. The zero-order chi connectivity index (χ0) is 14.5. The number of benzene rings is 2. The third-order valence-electron chi connectivity index (χ3n) is 2.51. The number of nitrogens with zero attached hydrogens (tertiary/aromatic N) is 1. The molecule has 1 N–H and O–H groups in total. The Morgan fingerprint density at radius 3 is 2.10 bits per heavy atom. The minimum atomic E-state index is 0.644. The van der Waals surface area contributed by atoms with Gasteiger partial charge in [0.05, 0.1) is 22.3 Å². The van der Waals surface area contributed by atoms with Crippen LogP contribution in [0.2, 0.25) is 0 Å². The van der Waals surface area contributed by atoms with Crippen molar-refractivity contribution in [2.45, 2.75) is 0 Å². The molecule has 0 heterocycles. The van der Waals surface area contributed by atoms with E-state index in [1.165, 1.54) is 6.21 Å². The molecule has 0 saturated carbocycles. The van der Waals surface area contributed by atoms with Crippen LogP contribution in [-0.2, 0) is 0 Å². The van der Waals surface area contributed by atoms with Gasteiger partial charge >= 0.3 is 0 Å². The predicted octanol–water partition coefficient (Wildman–Crippen LogP) is 4.82. The molecule has 0 amide bonds. The molecule has 20 heavy (non-hydrogen) atoms. The molecule has 0 aromatic heterocycles. The van der Waals surface area contributed by atoms with E-state index in [1.807, 2.05) is 24.3 Å². The SMILES string of the molecule is COc1ccc(Oc2c(Br)cc(C=NO)cc2Br)cc1. The van der Waals surface area contributed by atoms with Crippen LogP contribution in [0.15, 0.2) is 50.5 Å². The van der Waals surface area contributed by atoms with Crippen molar-refractivity contribution in [2.75, 3.05) is 7.11 Å². The summed E-state index contributed by atoms with van der Waals surface area (Å²) in [5, 5.41) is 11.6. The molecule has 2 aromatic carbocycles. The number of methoxy groups -OCH3 is 1. The van der Waals surface area contributed by atoms with Crippen molar-refractivity contribution in [1.29, 1.82) is 0 Å². The minimum absolute atomic E-state index is 0.644. The number of rotatable bonds is 4. The van der Waals surface area contributed by atoms with Crippen LogP contribution >= 0.6 is 31.9 Å². The van der Waals surface area contributed by atoms with Crippen LogP contribution in [0.4, 0.5) is 0 Å². The Morgan fingerprint density at radius 2 is 1.60 bits per heavy atom. The minimum Gasteiger partial charge on any atom is -0.497 e.